The first-order valence-electron chi connectivity index (χ1n) is 9.44. The molecule has 0 radical (unpaired) electrons. The highest BCUT2D eigenvalue weighted by Gasteiger charge is 2.25. The number of nitrogens with zero attached hydrogens (tertiary/aromatic N) is 2. The minimum atomic E-state index is -0.548. The van der Waals surface area contributed by atoms with Crippen LogP contribution in [0.15, 0.2) is 71.4 Å². The molecule has 4 rings (SSSR count). The molecule has 0 N–H and O–H groups in total. The van der Waals surface area contributed by atoms with Gasteiger partial charge in [-0.2, -0.15) is 0 Å². The van der Waals surface area contributed by atoms with Gasteiger partial charge in [-0.05, 0) is 98.8 Å². The van der Waals surface area contributed by atoms with Crippen molar-refractivity contribution in [3.05, 3.63) is 105 Å². The Morgan fingerprint density at radius 1 is 1.09 bits per heavy atom. The average Bonchev–Trinajstić information content (AvgIpc) is 3.13. The molecular weight excluding hydrogens is 674 g/mol. The molecule has 3 aromatic carbocycles. The molecule has 1 aliphatic heterocycles. The van der Waals surface area contributed by atoms with Gasteiger partial charge in [-0.15, -0.1) is 0 Å². The fourth-order valence-electron chi connectivity index (χ4n) is 2.99. The fraction of sp³-hybridized carbons (Fsp3) is 0.0435. The maximum absolute atomic E-state index is 12.3. The van der Waals surface area contributed by atoms with Crippen LogP contribution in [0.25, 0.3) is 6.08 Å². The molecule has 3 aromatic rings. The van der Waals surface area contributed by atoms with Crippen molar-refractivity contribution in [2.45, 2.75) is 6.61 Å². The number of carbonyl (C=O) groups excluding carboxylic acids is 1. The monoisotopic (exact) mass is 686 g/mol. The summed E-state index contributed by atoms with van der Waals surface area (Å²) in [5.41, 5.74) is 2.34. The smallest absolute Gasteiger partial charge is 0.363 e. The molecule has 0 aliphatic carbocycles. The number of esters is 1. The van der Waals surface area contributed by atoms with Crippen molar-refractivity contribution >= 4 is 80.4 Å². The van der Waals surface area contributed by atoms with Crippen LogP contribution in [0, 0.1) is 17.3 Å². The maximum Gasteiger partial charge on any atom is 0.363 e. The Bertz CT molecular complexity index is 1300. The first kappa shape index (κ1) is 23.6. The summed E-state index contributed by atoms with van der Waals surface area (Å²) in [6.07, 6.45) is 1.65. The minimum Gasteiger partial charge on any atom is -0.487 e. The number of hydrogen-bond donors (Lipinski definition) is 0. The number of carbonyl (C=O) groups is 1. The lowest BCUT2D eigenvalue weighted by atomic mass is 10.2. The van der Waals surface area contributed by atoms with Gasteiger partial charge < -0.3 is 9.47 Å². The van der Waals surface area contributed by atoms with E-state index in [0.29, 0.717) is 16.3 Å². The Kier molecular flexibility index (Phi) is 7.29. The third-order valence-corrected chi connectivity index (χ3v) is 6.51. The van der Waals surface area contributed by atoms with Gasteiger partial charge >= 0.3 is 5.97 Å². The van der Waals surface area contributed by atoms with E-state index in [0.717, 1.165) is 18.3 Å². The molecule has 0 amide bonds. The molecule has 0 spiro atoms. The third kappa shape index (κ3) is 5.53. The number of aliphatic imine (C=N–C) groups is 1. The number of hydrogen-bond acceptors (Lipinski definition) is 6. The van der Waals surface area contributed by atoms with Gasteiger partial charge in [0.05, 0.1) is 22.6 Å². The second-order valence-corrected chi connectivity index (χ2v) is 9.57. The van der Waals surface area contributed by atoms with E-state index in [2.05, 4.69) is 50.2 Å². The van der Waals surface area contributed by atoms with Gasteiger partial charge in [0.2, 0.25) is 5.90 Å². The van der Waals surface area contributed by atoms with Crippen LogP contribution in [-0.2, 0) is 16.1 Å². The number of ether oxygens (including phenoxy) is 2. The molecule has 0 atom stereocenters. The maximum atomic E-state index is 12.3. The minimum absolute atomic E-state index is 0.0334. The number of non-ortho nitro benzene ring substituents is 1. The lowest BCUT2D eigenvalue weighted by Gasteiger charge is -2.11. The average molecular weight is 687 g/mol. The van der Waals surface area contributed by atoms with Gasteiger partial charge in [0.1, 0.15) is 12.4 Å². The molecule has 7 nitrogen and oxygen atoms in total. The molecular formula is C23H13ClI2N2O5. The van der Waals surface area contributed by atoms with Crippen molar-refractivity contribution < 1.29 is 19.2 Å². The Labute approximate surface area is 220 Å². The summed E-state index contributed by atoms with van der Waals surface area (Å²) in [5.74, 6) is 0.309. The van der Waals surface area contributed by atoms with E-state index in [-0.39, 0.29) is 23.9 Å². The van der Waals surface area contributed by atoms with Crippen LogP contribution in [0.2, 0.25) is 5.02 Å². The summed E-state index contributed by atoms with van der Waals surface area (Å²) >= 11 is 10.5. The number of nitro benzene ring substituents is 1. The molecule has 0 fully saturated rings. The Hall–Kier alpha value is -2.51. The van der Waals surface area contributed by atoms with Gasteiger partial charge in [0.15, 0.2) is 5.70 Å². The van der Waals surface area contributed by atoms with Crippen molar-refractivity contribution in [1.29, 1.82) is 0 Å². The molecule has 0 saturated carbocycles. The Morgan fingerprint density at radius 2 is 1.76 bits per heavy atom. The van der Waals surface area contributed by atoms with Gasteiger partial charge in [-0.1, -0.05) is 23.7 Å². The summed E-state index contributed by atoms with van der Waals surface area (Å²) in [6.45, 7) is 0.266. The Balaban J connectivity index is 1.53. The summed E-state index contributed by atoms with van der Waals surface area (Å²) in [7, 11) is 0. The molecule has 0 saturated heterocycles. The standard InChI is InChI=1S/C23H13ClI2N2O5/c24-17-4-2-1-3-16(17)22-27-20(23(29)33-22)11-14-9-18(25)21(19(26)10-14)32-12-13-5-7-15(8-6-13)28(30)31/h1-11H,12H2/b20-11-. The number of cyclic esters (lactones) is 1. The van der Waals surface area contributed by atoms with Crippen molar-refractivity contribution in [3.63, 3.8) is 0 Å². The lowest BCUT2D eigenvalue weighted by Crippen LogP contribution is -2.05. The molecule has 0 bridgehead atoms. The van der Waals surface area contributed by atoms with Gasteiger partial charge in [-0.3, -0.25) is 10.1 Å². The van der Waals surface area contributed by atoms with Crippen LogP contribution in [0.3, 0.4) is 0 Å². The van der Waals surface area contributed by atoms with E-state index in [4.69, 9.17) is 21.1 Å². The molecule has 0 unspecified atom stereocenters. The summed E-state index contributed by atoms with van der Waals surface area (Å²) in [6, 6.07) is 17.0. The zero-order chi connectivity index (χ0) is 23.5. The van der Waals surface area contributed by atoms with E-state index in [1.54, 1.807) is 42.5 Å². The van der Waals surface area contributed by atoms with E-state index in [1.165, 1.54) is 12.1 Å². The zero-order valence-electron chi connectivity index (χ0n) is 16.6. The molecule has 166 valence electrons. The SMILES string of the molecule is O=C1OC(c2ccccc2Cl)=N/C1=C\c1cc(I)c(OCc2ccc([N+](=O)[O-])cc2)c(I)c1. The van der Waals surface area contributed by atoms with Crippen LogP contribution >= 0.6 is 56.8 Å². The number of nitro groups is 1. The predicted molar refractivity (Wildman–Crippen MR) is 141 cm³/mol. The van der Waals surface area contributed by atoms with Crippen molar-refractivity contribution in [1.82, 2.24) is 0 Å². The second kappa shape index (κ2) is 10.2. The molecule has 33 heavy (non-hydrogen) atoms. The molecule has 0 aromatic heterocycles. The highest BCUT2D eigenvalue weighted by Crippen LogP contribution is 2.31. The summed E-state index contributed by atoms with van der Waals surface area (Å²) in [4.78, 5) is 27.0. The van der Waals surface area contributed by atoms with Gasteiger partial charge in [0, 0.05) is 12.1 Å². The van der Waals surface area contributed by atoms with Gasteiger partial charge in [0.25, 0.3) is 5.69 Å². The van der Waals surface area contributed by atoms with Crippen LogP contribution in [-0.4, -0.2) is 16.8 Å². The van der Waals surface area contributed by atoms with Crippen molar-refractivity contribution in [2.24, 2.45) is 4.99 Å². The van der Waals surface area contributed by atoms with E-state index in [1.807, 2.05) is 12.1 Å². The van der Waals surface area contributed by atoms with Crippen molar-refractivity contribution in [3.8, 4) is 5.75 Å². The van der Waals surface area contributed by atoms with E-state index in [9.17, 15) is 14.9 Å². The normalized spacial score (nSPS) is 14.2. The molecule has 1 heterocycles. The van der Waals surface area contributed by atoms with Gasteiger partial charge in [-0.25, -0.2) is 9.79 Å². The highest BCUT2D eigenvalue weighted by atomic mass is 127. The van der Waals surface area contributed by atoms with E-state index < -0.39 is 10.9 Å². The van der Waals surface area contributed by atoms with E-state index >= 15 is 0 Å². The first-order chi connectivity index (χ1) is 15.8. The van der Waals surface area contributed by atoms with Crippen LogP contribution < -0.4 is 4.74 Å². The fourth-order valence-corrected chi connectivity index (χ4v) is 5.33. The Morgan fingerprint density at radius 3 is 2.39 bits per heavy atom. The third-order valence-electron chi connectivity index (χ3n) is 4.58. The first-order valence-corrected chi connectivity index (χ1v) is 12.0. The van der Waals surface area contributed by atoms with Crippen LogP contribution in [0.5, 0.6) is 5.75 Å². The lowest BCUT2D eigenvalue weighted by molar-refractivity contribution is -0.384. The quantitative estimate of drug-likeness (QED) is 0.0988. The topological polar surface area (TPSA) is 91.0 Å². The highest BCUT2D eigenvalue weighted by molar-refractivity contribution is 14.1. The second-order valence-electron chi connectivity index (χ2n) is 6.84. The number of halogens is 3. The largest absolute Gasteiger partial charge is 0.487 e. The van der Waals surface area contributed by atoms with Crippen LogP contribution in [0.1, 0.15) is 16.7 Å². The predicted octanol–water partition coefficient (Wildman–Crippen LogP) is 6.38. The zero-order valence-corrected chi connectivity index (χ0v) is 21.7. The molecule has 10 heteroatoms. The number of benzene rings is 3. The number of rotatable bonds is 6. The summed E-state index contributed by atoms with van der Waals surface area (Å²) in [5, 5.41) is 11.2. The van der Waals surface area contributed by atoms with Crippen LogP contribution in [0.4, 0.5) is 5.69 Å². The molecule has 1 aliphatic rings. The van der Waals surface area contributed by atoms with Crippen molar-refractivity contribution in [2.75, 3.05) is 0 Å². The summed E-state index contributed by atoms with van der Waals surface area (Å²) < 4.78 is 12.9.